The molecule has 6 nitrogen and oxygen atoms in total. The fourth-order valence-electron chi connectivity index (χ4n) is 1.85. The molecule has 2 N–H and O–H groups in total. The Kier molecular flexibility index (Phi) is 4.04. The molecule has 0 aliphatic rings. The topological polar surface area (TPSA) is 83.0 Å². The fraction of sp³-hybridized carbons (Fsp3) is 0.500. The van der Waals surface area contributed by atoms with Crippen LogP contribution in [0.1, 0.15) is 49.7 Å². The average Bonchev–Trinajstić information content (AvgIpc) is 2.94. The Hall–Kier alpha value is -1.89. The molecule has 0 amide bonds. The summed E-state index contributed by atoms with van der Waals surface area (Å²) in [6.07, 6.45) is 0. The standard InChI is InChI=1S/C14H20N4O2S/c1-6-20-12(19)10-11(15)18(8(2)16-10)13-17-9(7-21-13)14(3,4)5/h7H,6,15H2,1-5H3. The molecule has 2 aromatic heterocycles. The van der Waals surface area contributed by atoms with Gasteiger partial charge in [-0.2, -0.15) is 0 Å². The molecule has 0 spiro atoms. The van der Waals surface area contributed by atoms with Crippen LogP contribution in [0, 0.1) is 6.92 Å². The number of hydrogen-bond donors (Lipinski definition) is 1. The van der Waals surface area contributed by atoms with Gasteiger partial charge in [0.25, 0.3) is 0 Å². The van der Waals surface area contributed by atoms with Gasteiger partial charge < -0.3 is 10.5 Å². The lowest BCUT2D eigenvalue weighted by atomic mass is 9.93. The number of anilines is 1. The van der Waals surface area contributed by atoms with Gasteiger partial charge in [0, 0.05) is 10.8 Å². The molecule has 0 atom stereocenters. The third-order valence-electron chi connectivity index (χ3n) is 3.00. The number of nitrogen functional groups attached to an aromatic ring is 1. The lowest BCUT2D eigenvalue weighted by molar-refractivity contribution is 0.0521. The Balaban J connectivity index is 2.45. The van der Waals surface area contributed by atoms with E-state index in [9.17, 15) is 4.79 Å². The first-order valence-electron chi connectivity index (χ1n) is 6.74. The molecule has 0 unspecified atom stereocenters. The zero-order valence-electron chi connectivity index (χ0n) is 12.9. The lowest BCUT2D eigenvalue weighted by Gasteiger charge is -2.14. The van der Waals surface area contributed by atoms with Gasteiger partial charge in [0.1, 0.15) is 11.6 Å². The van der Waals surface area contributed by atoms with Gasteiger partial charge in [0.05, 0.1) is 12.3 Å². The van der Waals surface area contributed by atoms with Crippen molar-refractivity contribution in [3.05, 3.63) is 22.6 Å². The third kappa shape index (κ3) is 2.92. The van der Waals surface area contributed by atoms with Crippen molar-refractivity contribution in [3.8, 4) is 5.13 Å². The van der Waals surface area contributed by atoms with E-state index in [2.05, 4.69) is 30.7 Å². The van der Waals surface area contributed by atoms with E-state index < -0.39 is 5.97 Å². The average molecular weight is 308 g/mol. The smallest absolute Gasteiger partial charge is 0.360 e. The van der Waals surface area contributed by atoms with Crippen LogP contribution in [0.2, 0.25) is 0 Å². The zero-order chi connectivity index (χ0) is 15.8. The molecule has 21 heavy (non-hydrogen) atoms. The molecule has 7 heteroatoms. The maximum atomic E-state index is 11.8. The first-order chi connectivity index (χ1) is 9.75. The van der Waals surface area contributed by atoms with Crippen molar-refractivity contribution in [1.82, 2.24) is 14.5 Å². The van der Waals surface area contributed by atoms with Crippen LogP contribution in [0.3, 0.4) is 0 Å². The number of carbonyl (C=O) groups excluding carboxylic acids is 1. The highest BCUT2D eigenvalue weighted by atomic mass is 32.1. The highest BCUT2D eigenvalue weighted by molar-refractivity contribution is 7.12. The summed E-state index contributed by atoms with van der Waals surface area (Å²) in [5.41, 5.74) is 7.13. The zero-order valence-corrected chi connectivity index (χ0v) is 13.7. The Morgan fingerprint density at radius 3 is 2.62 bits per heavy atom. The largest absolute Gasteiger partial charge is 0.461 e. The molecule has 2 heterocycles. The first kappa shape index (κ1) is 15.5. The van der Waals surface area contributed by atoms with Gasteiger partial charge in [0.2, 0.25) is 0 Å². The predicted molar refractivity (Wildman–Crippen MR) is 83.0 cm³/mol. The van der Waals surface area contributed by atoms with Crippen molar-refractivity contribution in [2.24, 2.45) is 0 Å². The molecule has 0 saturated carbocycles. The molecule has 0 aliphatic carbocycles. The maximum absolute atomic E-state index is 11.8. The van der Waals surface area contributed by atoms with Crippen molar-refractivity contribution in [1.29, 1.82) is 0 Å². The molecule has 0 fully saturated rings. The first-order valence-corrected chi connectivity index (χ1v) is 7.62. The number of rotatable bonds is 3. The third-order valence-corrected chi connectivity index (χ3v) is 3.83. The number of ether oxygens (including phenoxy) is 1. The van der Waals surface area contributed by atoms with Gasteiger partial charge in [0.15, 0.2) is 10.8 Å². The summed E-state index contributed by atoms with van der Waals surface area (Å²) < 4.78 is 6.65. The SMILES string of the molecule is CCOC(=O)c1nc(C)n(-c2nc(C(C)(C)C)cs2)c1N. The number of hydrogen-bond acceptors (Lipinski definition) is 6. The fourth-order valence-corrected chi connectivity index (χ4v) is 2.96. The number of aryl methyl sites for hydroxylation is 1. The van der Waals surface area contributed by atoms with Crippen molar-refractivity contribution < 1.29 is 9.53 Å². The van der Waals surface area contributed by atoms with Crippen LogP contribution in [0.4, 0.5) is 5.82 Å². The van der Waals surface area contributed by atoms with E-state index in [-0.39, 0.29) is 23.5 Å². The Bertz CT molecular complexity index is 667. The normalized spacial score (nSPS) is 11.7. The lowest BCUT2D eigenvalue weighted by Crippen LogP contribution is -2.12. The second kappa shape index (κ2) is 5.48. The van der Waals surface area contributed by atoms with Crippen LogP contribution in [0.15, 0.2) is 5.38 Å². The molecule has 0 aliphatic heterocycles. The van der Waals surface area contributed by atoms with Gasteiger partial charge in [-0.25, -0.2) is 14.8 Å². The van der Waals surface area contributed by atoms with Crippen LogP contribution in [0.25, 0.3) is 5.13 Å². The predicted octanol–water partition coefficient (Wildman–Crippen LogP) is 2.69. The van der Waals surface area contributed by atoms with E-state index in [4.69, 9.17) is 10.5 Å². The van der Waals surface area contributed by atoms with Gasteiger partial charge in [-0.15, -0.1) is 11.3 Å². The Morgan fingerprint density at radius 1 is 1.43 bits per heavy atom. The summed E-state index contributed by atoms with van der Waals surface area (Å²) in [4.78, 5) is 20.6. The molecular formula is C14H20N4O2S. The van der Waals surface area contributed by atoms with Crippen molar-refractivity contribution in [3.63, 3.8) is 0 Å². The summed E-state index contributed by atoms with van der Waals surface area (Å²) in [7, 11) is 0. The minimum atomic E-state index is -0.510. The highest BCUT2D eigenvalue weighted by Gasteiger charge is 2.24. The number of nitrogens with two attached hydrogens (primary N) is 1. The van der Waals surface area contributed by atoms with Gasteiger partial charge in [-0.3, -0.25) is 4.57 Å². The number of esters is 1. The summed E-state index contributed by atoms with van der Waals surface area (Å²) in [5.74, 6) is 0.371. The van der Waals surface area contributed by atoms with Gasteiger partial charge in [-0.1, -0.05) is 20.8 Å². The molecule has 2 aromatic rings. The number of nitrogens with zero attached hydrogens (tertiary/aromatic N) is 3. The molecule has 0 radical (unpaired) electrons. The van der Waals surface area contributed by atoms with Crippen molar-refractivity contribution in [2.45, 2.75) is 40.0 Å². The number of thiazole rings is 1. The summed E-state index contributed by atoms with van der Waals surface area (Å²) >= 11 is 1.48. The minimum Gasteiger partial charge on any atom is -0.461 e. The van der Waals surface area contributed by atoms with E-state index in [1.54, 1.807) is 18.4 Å². The van der Waals surface area contributed by atoms with Gasteiger partial charge >= 0.3 is 5.97 Å². The maximum Gasteiger partial charge on any atom is 0.360 e. The molecule has 114 valence electrons. The summed E-state index contributed by atoms with van der Waals surface area (Å²) in [6.45, 7) is 10.1. The molecule has 0 saturated heterocycles. The number of aromatic nitrogens is 3. The quantitative estimate of drug-likeness (QED) is 0.881. The van der Waals surface area contributed by atoms with Crippen LogP contribution >= 0.6 is 11.3 Å². The van der Waals surface area contributed by atoms with E-state index in [1.165, 1.54) is 11.3 Å². The molecule has 2 rings (SSSR count). The summed E-state index contributed by atoms with van der Waals surface area (Å²) in [6, 6.07) is 0. The van der Waals surface area contributed by atoms with Crippen molar-refractivity contribution >= 4 is 23.1 Å². The van der Waals surface area contributed by atoms with Crippen LogP contribution < -0.4 is 5.73 Å². The molecule has 0 bridgehead atoms. The van der Waals surface area contributed by atoms with E-state index in [1.807, 2.05) is 5.38 Å². The van der Waals surface area contributed by atoms with Crippen molar-refractivity contribution in [2.75, 3.05) is 12.3 Å². The van der Waals surface area contributed by atoms with E-state index in [0.29, 0.717) is 11.0 Å². The van der Waals surface area contributed by atoms with E-state index in [0.717, 1.165) is 5.69 Å². The minimum absolute atomic E-state index is 0.0397. The molecule has 0 aromatic carbocycles. The number of imidazole rings is 1. The van der Waals surface area contributed by atoms with E-state index >= 15 is 0 Å². The van der Waals surface area contributed by atoms with Crippen LogP contribution in [0.5, 0.6) is 0 Å². The molecular weight excluding hydrogens is 288 g/mol. The van der Waals surface area contributed by atoms with Crippen LogP contribution in [-0.2, 0) is 10.2 Å². The van der Waals surface area contributed by atoms with Crippen LogP contribution in [-0.4, -0.2) is 27.1 Å². The Labute approximate surface area is 128 Å². The monoisotopic (exact) mass is 308 g/mol. The Morgan fingerprint density at radius 2 is 2.10 bits per heavy atom. The highest BCUT2D eigenvalue weighted by Crippen LogP contribution is 2.28. The summed E-state index contributed by atoms with van der Waals surface area (Å²) in [5, 5.41) is 2.70. The second-order valence-electron chi connectivity index (χ2n) is 5.71. The van der Waals surface area contributed by atoms with Gasteiger partial charge in [-0.05, 0) is 13.8 Å². The second-order valence-corrected chi connectivity index (χ2v) is 6.55. The number of carbonyl (C=O) groups is 1.